The van der Waals surface area contributed by atoms with Gasteiger partial charge in [-0.1, -0.05) is 31.2 Å². The van der Waals surface area contributed by atoms with E-state index in [1.165, 1.54) is 5.56 Å². The lowest BCUT2D eigenvalue weighted by Crippen LogP contribution is -2.24. The Morgan fingerprint density at radius 2 is 1.90 bits per heavy atom. The van der Waals surface area contributed by atoms with Gasteiger partial charge in [0.2, 0.25) is 5.88 Å². The summed E-state index contributed by atoms with van der Waals surface area (Å²) in [6.07, 6.45) is 9.98. The summed E-state index contributed by atoms with van der Waals surface area (Å²) < 4.78 is 12.2. The first-order valence-electron chi connectivity index (χ1n) is 10.9. The molecule has 4 rings (SSSR count). The van der Waals surface area contributed by atoms with Crippen LogP contribution in [0.15, 0.2) is 54.7 Å². The Balaban J connectivity index is 1.32. The Labute approximate surface area is 178 Å². The first kappa shape index (κ1) is 20.5. The number of ketones is 1. The van der Waals surface area contributed by atoms with Crippen LogP contribution in [-0.4, -0.2) is 36.1 Å². The van der Waals surface area contributed by atoms with Gasteiger partial charge in [-0.25, -0.2) is 4.98 Å². The third-order valence-electron chi connectivity index (χ3n) is 5.83. The summed E-state index contributed by atoms with van der Waals surface area (Å²) in [7, 11) is 0. The lowest BCUT2D eigenvalue weighted by atomic mass is 9.96. The molecule has 0 saturated carbocycles. The lowest BCUT2D eigenvalue weighted by molar-refractivity contribution is -0.117. The van der Waals surface area contributed by atoms with Gasteiger partial charge in [0.1, 0.15) is 23.7 Å². The molecular formula is C25H30N2O3. The van der Waals surface area contributed by atoms with E-state index in [0.29, 0.717) is 12.3 Å². The molecule has 0 spiro atoms. The van der Waals surface area contributed by atoms with Crippen LogP contribution in [0.1, 0.15) is 51.0 Å². The molecule has 2 aliphatic rings. The van der Waals surface area contributed by atoms with Crippen LogP contribution in [-0.2, 0) is 4.79 Å². The second-order valence-electron chi connectivity index (χ2n) is 8.39. The monoisotopic (exact) mass is 406 g/mol. The largest absolute Gasteiger partial charge is 0.489 e. The second kappa shape index (κ2) is 9.33. The number of benzene rings is 1. The fraction of sp³-hybridized carbons (Fsp3) is 0.440. The lowest BCUT2D eigenvalue weighted by Gasteiger charge is -2.20. The number of hydrogen-bond acceptors (Lipinski definition) is 5. The molecule has 0 radical (unpaired) electrons. The molecule has 1 fully saturated rings. The van der Waals surface area contributed by atoms with Crippen LogP contribution >= 0.6 is 0 Å². The Bertz CT molecular complexity index is 886. The van der Waals surface area contributed by atoms with Gasteiger partial charge in [0, 0.05) is 50.2 Å². The second-order valence-corrected chi connectivity index (χ2v) is 8.39. The van der Waals surface area contributed by atoms with E-state index >= 15 is 0 Å². The quantitative estimate of drug-likeness (QED) is 0.583. The first-order chi connectivity index (χ1) is 14.6. The number of carbonyl (C=O) groups is 1. The maximum Gasteiger partial charge on any atom is 0.215 e. The molecular weight excluding hydrogens is 376 g/mol. The summed E-state index contributed by atoms with van der Waals surface area (Å²) in [6.45, 7) is 5.52. The highest BCUT2D eigenvalue weighted by molar-refractivity contribution is 5.76. The van der Waals surface area contributed by atoms with Crippen molar-refractivity contribution in [3.8, 4) is 11.6 Å². The topological polar surface area (TPSA) is 51.7 Å². The van der Waals surface area contributed by atoms with Crippen LogP contribution < -0.4 is 14.4 Å². The molecule has 5 nitrogen and oxygen atoms in total. The summed E-state index contributed by atoms with van der Waals surface area (Å²) in [5.74, 6) is 2.04. The molecule has 0 bridgehead atoms. The SMILES string of the molecule is CC(=O)C[C@@H](C)c1ccc(O[C@@H]2CCN(c3ccnc(OC4CC=CC4)c3)C2)cc1. The van der Waals surface area contributed by atoms with E-state index in [1.54, 1.807) is 6.92 Å². The Morgan fingerprint density at radius 3 is 2.63 bits per heavy atom. The molecule has 0 amide bonds. The van der Waals surface area contributed by atoms with E-state index in [-0.39, 0.29) is 23.9 Å². The van der Waals surface area contributed by atoms with Crippen molar-refractivity contribution in [2.75, 3.05) is 18.0 Å². The molecule has 30 heavy (non-hydrogen) atoms. The van der Waals surface area contributed by atoms with E-state index in [4.69, 9.17) is 9.47 Å². The number of carbonyl (C=O) groups excluding carboxylic acids is 1. The minimum Gasteiger partial charge on any atom is -0.489 e. The molecule has 1 aliphatic carbocycles. The van der Waals surface area contributed by atoms with E-state index in [1.807, 2.05) is 30.5 Å². The highest BCUT2D eigenvalue weighted by Gasteiger charge is 2.25. The average molecular weight is 407 g/mol. The van der Waals surface area contributed by atoms with Gasteiger partial charge in [0.05, 0.1) is 6.54 Å². The highest BCUT2D eigenvalue weighted by Crippen LogP contribution is 2.28. The number of anilines is 1. The normalized spacial score (nSPS) is 19.8. The zero-order valence-corrected chi connectivity index (χ0v) is 17.8. The van der Waals surface area contributed by atoms with Crippen LogP contribution in [0, 0.1) is 0 Å². The van der Waals surface area contributed by atoms with Gasteiger partial charge in [-0.2, -0.15) is 0 Å². The van der Waals surface area contributed by atoms with Crippen molar-refractivity contribution in [3.05, 3.63) is 60.3 Å². The van der Waals surface area contributed by atoms with Gasteiger partial charge in [0.25, 0.3) is 0 Å². The number of nitrogens with zero attached hydrogens (tertiary/aromatic N) is 2. The molecule has 1 aromatic heterocycles. The number of hydrogen-bond donors (Lipinski definition) is 0. The molecule has 158 valence electrons. The zero-order chi connectivity index (χ0) is 20.9. The summed E-state index contributed by atoms with van der Waals surface area (Å²) in [6, 6.07) is 12.2. The maximum absolute atomic E-state index is 11.3. The van der Waals surface area contributed by atoms with Crippen molar-refractivity contribution >= 4 is 11.5 Å². The van der Waals surface area contributed by atoms with Crippen molar-refractivity contribution < 1.29 is 14.3 Å². The third-order valence-corrected chi connectivity index (χ3v) is 5.83. The van der Waals surface area contributed by atoms with Gasteiger partial charge in [0.15, 0.2) is 0 Å². The Hall–Kier alpha value is -2.82. The summed E-state index contributed by atoms with van der Waals surface area (Å²) in [5, 5.41) is 0. The van der Waals surface area contributed by atoms with Crippen molar-refractivity contribution in [2.24, 2.45) is 0 Å². The first-order valence-corrected chi connectivity index (χ1v) is 10.9. The van der Waals surface area contributed by atoms with Gasteiger partial charge in [-0.3, -0.25) is 0 Å². The van der Waals surface area contributed by atoms with Crippen molar-refractivity contribution in [1.82, 2.24) is 4.98 Å². The van der Waals surface area contributed by atoms with Crippen LogP contribution in [0.3, 0.4) is 0 Å². The van der Waals surface area contributed by atoms with Gasteiger partial charge < -0.3 is 19.2 Å². The van der Waals surface area contributed by atoms with Crippen LogP contribution in [0.2, 0.25) is 0 Å². The van der Waals surface area contributed by atoms with Crippen LogP contribution in [0.25, 0.3) is 0 Å². The van der Waals surface area contributed by atoms with Gasteiger partial charge >= 0.3 is 0 Å². The Morgan fingerprint density at radius 1 is 1.13 bits per heavy atom. The van der Waals surface area contributed by atoms with Gasteiger partial charge in [-0.05, 0) is 36.6 Å². The molecule has 0 N–H and O–H groups in total. The molecule has 0 unspecified atom stereocenters. The molecule has 1 aromatic carbocycles. The van der Waals surface area contributed by atoms with E-state index in [9.17, 15) is 4.79 Å². The van der Waals surface area contributed by atoms with Crippen molar-refractivity contribution in [1.29, 1.82) is 0 Å². The smallest absolute Gasteiger partial charge is 0.215 e. The maximum atomic E-state index is 11.3. The molecule has 1 saturated heterocycles. The number of pyridine rings is 1. The Kier molecular flexibility index (Phi) is 6.36. The molecule has 2 atom stereocenters. The number of rotatable bonds is 8. The molecule has 2 aromatic rings. The standard InChI is InChI=1S/C25H30N2O3/c1-18(15-19(2)28)20-7-9-23(10-8-20)29-24-12-14-27(17-24)21-11-13-26-25(16-21)30-22-5-3-4-6-22/h3-4,7-11,13,16,18,22,24H,5-6,12,14-15,17H2,1-2H3/t18-,24-/m1/s1. The minimum absolute atomic E-state index is 0.155. The predicted octanol–water partition coefficient (Wildman–Crippen LogP) is 4.92. The number of Topliss-reactive ketones (excluding diaryl/α,β-unsaturated/α-hetero) is 1. The zero-order valence-electron chi connectivity index (χ0n) is 17.8. The fourth-order valence-corrected chi connectivity index (χ4v) is 4.19. The average Bonchev–Trinajstić information content (AvgIpc) is 3.40. The molecule has 5 heteroatoms. The predicted molar refractivity (Wildman–Crippen MR) is 118 cm³/mol. The minimum atomic E-state index is 0.155. The summed E-state index contributed by atoms with van der Waals surface area (Å²) >= 11 is 0. The van der Waals surface area contributed by atoms with Crippen LogP contribution in [0.5, 0.6) is 11.6 Å². The van der Waals surface area contributed by atoms with Crippen molar-refractivity contribution in [2.45, 2.75) is 57.7 Å². The van der Waals surface area contributed by atoms with E-state index < -0.39 is 0 Å². The fourth-order valence-electron chi connectivity index (χ4n) is 4.19. The number of ether oxygens (including phenoxy) is 2. The summed E-state index contributed by atoms with van der Waals surface area (Å²) in [4.78, 5) is 18.0. The van der Waals surface area contributed by atoms with Crippen LogP contribution in [0.4, 0.5) is 5.69 Å². The number of aromatic nitrogens is 1. The van der Waals surface area contributed by atoms with E-state index in [2.05, 4.69) is 41.1 Å². The van der Waals surface area contributed by atoms with E-state index in [0.717, 1.165) is 43.8 Å². The van der Waals surface area contributed by atoms with Crippen molar-refractivity contribution in [3.63, 3.8) is 0 Å². The molecule has 1 aliphatic heterocycles. The highest BCUT2D eigenvalue weighted by atomic mass is 16.5. The van der Waals surface area contributed by atoms with Gasteiger partial charge in [-0.15, -0.1) is 0 Å². The third kappa shape index (κ3) is 5.21. The molecule has 2 heterocycles. The summed E-state index contributed by atoms with van der Waals surface area (Å²) in [5.41, 5.74) is 2.30.